The summed E-state index contributed by atoms with van der Waals surface area (Å²) < 4.78 is 42.6. The number of hydrazine groups is 1. The van der Waals surface area contributed by atoms with E-state index in [9.17, 15) is 23.6 Å². The summed E-state index contributed by atoms with van der Waals surface area (Å²) in [5.41, 5.74) is 5.77. The van der Waals surface area contributed by atoms with E-state index in [-0.39, 0.29) is 41.4 Å². The third-order valence-corrected chi connectivity index (χ3v) is 5.33. The molecule has 0 aliphatic carbocycles. The predicted octanol–water partition coefficient (Wildman–Crippen LogP) is 1.91. The molecule has 2 rings (SSSR count). The molecule has 2 aromatic rings. The van der Waals surface area contributed by atoms with Crippen molar-refractivity contribution < 1.29 is 32.6 Å². The fourth-order valence-corrected chi connectivity index (χ4v) is 3.35. The second kappa shape index (κ2) is 13.1. The van der Waals surface area contributed by atoms with Crippen LogP contribution in [0.1, 0.15) is 34.5 Å². The SMILES string of the molecule is COc1ccc(C(=O)NCCN(N)/C=C(\N)C(=O)NC(C#N)c2ccc(C(C)(F)F)cc2)c(OC)c1OC. The molecule has 6 N–H and O–H groups in total. The van der Waals surface area contributed by atoms with Crippen LogP contribution in [0, 0.1) is 11.3 Å². The highest BCUT2D eigenvalue weighted by molar-refractivity contribution is 5.98. The van der Waals surface area contributed by atoms with Gasteiger partial charge in [0.15, 0.2) is 11.5 Å². The summed E-state index contributed by atoms with van der Waals surface area (Å²) in [6.07, 6.45) is 1.13. The van der Waals surface area contributed by atoms with E-state index in [1.165, 1.54) is 51.7 Å². The fraction of sp³-hybridized carbons (Fsp3) is 0.320. The number of alkyl halides is 2. The van der Waals surface area contributed by atoms with Crippen LogP contribution in [0.3, 0.4) is 0 Å². The molecule has 0 saturated carbocycles. The van der Waals surface area contributed by atoms with Gasteiger partial charge >= 0.3 is 0 Å². The number of nitrogens with one attached hydrogen (secondary N) is 2. The predicted molar refractivity (Wildman–Crippen MR) is 134 cm³/mol. The van der Waals surface area contributed by atoms with Gasteiger partial charge in [0.25, 0.3) is 17.7 Å². The molecule has 2 aromatic carbocycles. The normalized spacial score (nSPS) is 12.1. The number of benzene rings is 2. The van der Waals surface area contributed by atoms with Crippen molar-refractivity contribution in [3.63, 3.8) is 0 Å². The quantitative estimate of drug-likeness (QED) is 0.181. The van der Waals surface area contributed by atoms with Crippen molar-refractivity contribution in [3.05, 3.63) is 65.0 Å². The number of amides is 2. The van der Waals surface area contributed by atoms with Crippen LogP contribution in [0.25, 0.3) is 0 Å². The topological polar surface area (TPSA) is 165 Å². The second-order valence-corrected chi connectivity index (χ2v) is 8.01. The first-order valence-corrected chi connectivity index (χ1v) is 11.2. The van der Waals surface area contributed by atoms with Crippen molar-refractivity contribution in [1.82, 2.24) is 15.6 Å². The maximum atomic E-state index is 13.4. The van der Waals surface area contributed by atoms with Gasteiger partial charge in [0.1, 0.15) is 11.7 Å². The number of carbonyl (C=O) groups is 2. The van der Waals surface area contributed by atoms with Gasteiger partial charge < -0.3 is 35.6 Å². The molecule has 11 nitrogen and oxygen atoms in total. The van der Waals surface area contributed by atoms with Gasteiger partial charge in [0, 0.05) is 25.2 Å². The van der Waals surface area contributed by atoms with Crippen molar-refractivity contribution in [2.75, 3.05) is 34.4 Å². The van der Waals surface area contributed by atoms with E-state index in [1.54, 1.807) is 6.07 Å². The molecule has 0 radical (unpaired) electrons. The molecule has 1 unspecified atom stereocenters. The Morgan fingerprint density at radius 2 is 1.74 bits per heavy atom. The molecular weight excluding hydrogens is 502 g/mol. The Kier molecular flexibility index (Phi) is 10.2. The summed E-state index contributed by atoms with van der Waals surface area (Å²) in [7, 11) is 4.27. The number of hydrogen-bond acceptors (Lipinski definition) is 9. The molecule has 0 heterocycles. The Bertz CT molecular complexity index is 1210. The summed E-state index contributed by atoms with van der Waals surface area (Å²) in [6, 6.07) is 8.85. The smallest absolute Gasteiger partial charge is 0.270 e. The number of nitrogens with two attached hydrogens (primary N) is 2. The zero-order chi connectivity index (χ0) is 28.5. The lowest BCUT2D eigenvalue weighted by Crippen LogP contribution is -2.38. The van der Waals surface area contributed by atoms with Crippen LogP contribution in [-0.4, -0.2) is 51.2 Å². The summed E-state index contributed by atoms with van der Waals surface area (Å²) in [6.45, 7) is 0.908. The van der Waals surface area contributed by atoms with Crippen LogP contribution in [0.5, 0.6) is 17.2 Å². The number of methoxy groups -OCH3 is 3. The van der Waals surface area contributed by atoms with E-state index >= 15 is 0 Å². The van der Waals surface area contributed by atoms with Crippen molar-refractivity contribution >= 4 is 11.8 Å². The minimum absolute atomic E-state index is 0.0731. The monoisotopic (exact) mass is 532 g/mol. The number of nitrogens with zero attached hydrogens (tertiary/aromatic N) is 2. The number of carbonyl (C=O) groups excluding carboxylic acids is 2. The molecule has 0 aliphatic heterocycles. The van der Waals surface area contributed by atoms with Crippen LogP contribution in [0.15, 0.2) is 48.3 Å². The molecule has 204 valence electrons. The van der Waals surface area contributed by atoms with Crippen LogP contribution < -0.4 is 36.4 Å². The largest absolute Gasteiger partial charge is 0.493 e. The average Bonchev–Trinajstić information content (AvgIpc) is 2.89. The fourth-order valence-electron chi connectivity index (χ4n) is 3.35. The summed E-state index contributed by atoms with van der Waals surface area (Å²) in [5, 5.41) is 15.6. The summed E-state index contributed by atoms with van der Waals surface area (Å²) in [5.74, 6) is 2.42. The maximum absolute atomic E-state index is 13.4. The van der Waals surface area contributed by atoms with E-state index in [0.29, 0.717) is 11.3 Å². The number of nitriles is 1. The first kappa shape index (κ1) is 29.7. The van der Waals surface area contributed by atoms with Crippen molar-refractivity contribution in [1.29, 1.82) is 5.26 Å². The van der Waals surface area contributed by atoms with Gasteiger partial charge in [-0.15, -0.1) is 0 Å². The Hall–Kier alpha value is -4.57. The third-order valence-electron chi connectivity index (χ3n) is 5.33. The molecule has 38 heavy (non-hydrogen) atoms. The second-order valence-electron chi connectivity index (χ2n) is 8.01. The molecule has 0 aliphatic rings. The minimum atomic E-state index is -3.03. The lowest BCUT2D eigenvalue weighted by Gasteiger charge is -2.18. The minimum Gasteiger partial charge on any atom is -0.493 e. The van der Waals surface area contributed by atoms with Crippen LogP contribution in [0.4, 0.5) is 8.78 Å². The van der Waals surface area contributed by atoms with Crippen molar-refractivity contribution in [2.45, 2.75) is 18.9 Å². The highest BCUT2D eigenvalue weighted by atomic mass is 19.3. The molecule has 2 amide bonds. The zero-order valence-corrected chi connectivity index (χ0v) is 21.4. The summed E-state index contributed by atoms with van der Waals surface area (Å²) >= 11 is 0. The van der Waals surface area contributed by atoms with Crippen molar-refractivity contribution in [2.24, 2.45) is 11.6 Å². The van der Waals surface area contributed by atoms with E-state index in [4.69, 9.17) is 25.8 Å². The van der Waals surface area contributed by atoms with Crippen LogP contribution >= 0.6 is 0 Å². The van der Waals surface area contributed by atoms with E-state index < -0.39 is 23.8 Å². The lowest BCUT2D eigenvalue weighted by molar-refractivity contribution is -0.118. The van der Waals surface area contributed by atoms with E-state index in [2.05, 4.69) is 10.6 Å². The molecular formula is C25H30F2N6O5. The van der Waals surface area contributed by atoms with Gasteiger partial charge in [-0.1, -0.05) is 24.3 Å². The van der Waals surface area contributed by atoms with Gasteiger partial charge in [-0.2, -0.15) is 5.26 Å². The Balaban J connectivity index is 1.97. The first-order valence-electron chi connectivity index (χ1n) is 11.2. The number of ether oxygens (including phenoxy) is 3. The summed E-state index contributed by atoms with van der Waals surface area (Å²) in [4.78, 5) is 25.1. The number of hydrogen-bond donors (Lipinski definition) is 4. The molecule has 0 saturated heterocycles. The van der Waals surface area contributed by atoms with E-state index in [0.717, 1.165) is 18.1 Å². The van der Waals surface area contributed by atoms with Gasteiger partial charge in [-0.25, -0.2) is 14.6 Å². The molecule has 0 aromatic heterocycles. The highest BCUT2D eigenvalue weighted by Crippen LogP contribution is 2.39. The lowest BCUT2D eigenvalue weighted by atomic mass is 10.0. The average molecular weight is 533 g/mol. The van der Waals surface area contributed by atoms with Gasteiger partial charge in [-0.3, -0.25) is 9.59 Å². The van der Waals surface area contributed by atoms with Gasteiger partial charge in [0.05, 0.1) is 39.5 Å². The van der Waals surface area contributed by atoms with Gasteiger partial charge in [0.2, 0.25) is 5.75 Å². The number of rotatable bonds is 12. The molecule has 13 heteroatoms. The Morgan fingerprint density at radius 3 is 2.26 bits per heavy atom. The van der Waals surface area contributed by atoms with Crippen molar-refractivity contribution in [3.8, 4) is 23.3 Å². The van der Waals surface area contributed by atoms with Gasteiger partial charge in [-0.05, 0) is 17.7 Å². The first-order chi connectivity index (χ1) is 18.0. The Morgan fingerprint density at radius 1 is 1.11 bits per heavy atom. The third kappa shape index (κ3) is 7.47. The van der Waals surface area contributed by atoms with Crippen LogP contribution in [0.2, 0.25) is 0 Å². The number of halogens is 2. The Labute approximate surface area is 218 Å². The van der Waals surface area contributed by atoms with Crippen LogP contribution in [-0.2, 0) is 10.7 Å². The molecule has 1 atom stereocenters. The molecule has 0 fully saturated rings. The maximum Gasteiger partial charge on any atom is 0.270 e. The molecule has 0 bridgehead atoms. The standard InChI is InChI=1S/C25H30F2N6O5/c1-25(26,27)16-7-5-15(6-8-16)19(13-28)32-24(35)18(29)14-33(30)12-11-31-23(34)17-9-10-20(36-2)22(38-4)21(17)37-3/h5-10,14,19H,11-12,29-30H2,1-4H3,(H,31,34)(H,32,35)/b18-14-. The van der Waals surface area contributed by atoms with E-state index in [1.807, 2.05) is 6.07 Å². The molecule has 0 spiro atoms. The zero-order valence-electron chi connectivity index (χ0n) is 21.4. The highest BCUT2D eigenvalue weighted by Gasteiger charge is 2.25.